The molecule has 0 aliphatic carbocycles. The molecule has 12 heavy (non-hydrogen) atoms. The number of hydrogen-bond donors (Lipinski definition) is 1. The Balaban J connectivity index is 0. The maximum Gasteiger partial charge on any atom is 0.269 e. The molecule has 1 radical (unpaired) electrons. The summed E-state index contributed by atoms with van der Waals surface area (Å²) >= 11 is 0. The average Bonchev–Trinajstić information content (AvgIpc) is 1.86. The van der Waals surface area contributed by atoms with E-state index in [2.05, 4.69) is 12.1 Å². The number of carbonyl (C=O) groups is 1. The van der Waals surface area contributed by atoms with E-state index < -0.39 is 0 Å². The quantitative estimate of drug-likeness (QED) is 0.469. The predicted octanol–water partition coefficient (Wildman–Crippen LogP) is 1.26. The van der Waals surface area contributed by atoms with Gasteiger partial charge >= 0.3 is 0 Å². The van der Waals surface area contributed by atoms with E-state index in [9.17, 15) is 4.79 Å². The smallest absolute Gasteiger partial charge is 0.269 e. The standard InChI is InChI=1S/C8H15NO2.Au/c1-6(2)5-11-9-8(10)7(3)4;/h6H,3,5H2,1-2,4H3,(H,9,10);. The zero-order chi connectivity index (χ0) is 8.85. The van der Waals surface area contributed by atoms with Gasteiger partial charge in [0.25, 0.3) is 5.91 Å². The molecule has 0 spiro atoms. The minimum atomic E-state index is -0.259. The molecule has 0 aromatic heterocycles. The van der Waals surface area contributed by atoms with Gasteiger partial charge in [0.1, 0.15) is 0 Å². The number of nitrogens with one attached hydrogen (secondary N) is 1. The fraction of sp³-hybridized carbons (Fsp3) is 0.625. The summed E-state index contributed by atoms with van der Waals surface area (Å²) in [5.41, 5.74) is 2.73. The van der Waals surface area contributed by atoms with Gasteiger partial charge in [0.05, 0.1) is 6.61 Å². The first-order valence-electron chi connectivity index (χ1n) is 3.61. The molecule has 1 N–H and O–H groups in total. The summed E-state index contributed by atoms with van der Waals surface area (Å²) in [6.45, 7) is 9.63. The molecule has 0 aromatic rings. The van der Waals surface area contributed by atoms with E-state index in [1.165, 1.54) is 0 Å². The van der Waals surface area contributed by atoms with Crippen LogP contribution < -0.4 is 5.48 Å². The van der Waals surface area contributed by atoms with Crippen LogP contribution in [0, 0.1) is 5.92 Å². The molecule has 0 atom stereocenters. The largest absolute Gasteiger partial charge is 0.273 e. The third-order valence-electron chi connectivity index (χ3n) is 0.969. The van der Waals surface area contributed by atoms with Gasteiger partial charge in [-0.15, -0.1) is 0 Å². The first kappa shape index (κ1) is 14.4. The second-order valence-corrected chi connectivity index (χ2v) is 2.92. The topological polar surface area (TPSA) is 38.3 Å². The van der Waals surface area contributed by atoms with Crippen LogP contribution in [0.1, 0.15) is 20.8 Å². The molecule has 0 aromatic carbocycles. The fourth-order valence-electron chi connectivity index (χ4n) is 0.361. The van der Waals surface area contributed by atoms with Crippen LogP contribution in [0.2, 0.25) is 0 Å². The maximum absolute atomic E-state index is 10.8. The van der Waals surface area contributed by atoms with Gasteiger partial charge in [-0.2, -0.15) is 0 Å². The van der Waals surface area contributed by atoms with Crippen LogP contribution in [0.5, 0.6) is 0 Å². The summed E-state index contributed by atoms with van der Waals surface area (Å²) in [6.07, 6.45) is 0. The van der Waals surface area contributed by atoms with Crippen LogP contribution in [0.3, 0.4) is 0 Å². The van der Waals surface area contributed by atoms with Crippen LogP contribution in [-0.2, 0) is 32.0 Å². The zero-order valence-corrected chi connectivity index (χ0v) is 9.78. The molecule has 4 heteroatoms. The first-order chi connectivity index (χ1) is 5.04. The van der Waals surface area contributed by atoms with Crippen LogP contribution in [0.25, 0.3) is 0 Å². The van der Waals surface area contributed by atoms with E-state index in [-0.39, 0.29) is 28.3 Å². The third kappa shape index (κ3) is 8.01. The molecule has 1 amide bonds. The van der Waals surface area contributed by atoms with Crippen LogP contribution in [0.4, 0.5) is 0 Å². The van der Waals surface area contributed by atoms with Crippen molar-refractivity contribution >= 4 is 5.91 Å². The van der Waals surface area contributed by atoms with Gasteiger partial charge in [-0.25, -0.2) is 5.48 Å². The van der Waals surface area contributed by atoms with E-state index in [0.29, 0.717) is 18.1 Å². The van der Waals surface area contributed by atoms with Gasteiger partial charge in [-0.05, 0) is 12.8 Å². The summed E-state index contributed by atoms with van der Waals surface area (Å²) < 4.78 is 0. The molecule has 0 heterocycles. The summed E-state index contributed by atoms with van der Waals surface area (Å²) in [7, 11) is 0. The van der Waals surface area contributed by atoms with Crippen molar-refractivity contribution in [3.8, 4) is 0 Å². The molecule has 0 saturated carbocycles. The Hall–Kier alpha value is -0.0897. The molecular formula is C8H15AuNO2. The van der Waals surface area contributed by atoms with Crippen molar-refractivity contribution in [2.75, 3.05) is 6.61 Å². The summed E-state index contributed by atoms with van der Waals surface area (Å²) in [4.78, 5) is 15.6. The Kier molecular flexibility index (Phi) is 9.09. The Morgan fingerprint density at radius 2 is 2.08 bits per heavy atom. The molecule has 0 fully saturated rings. The van der Waals surface area contributed by atoms with Gasteiger partial charge in [-0.3, -0.25) is 9.63 Å². The van der Waals surface area contributed by atoms with Gasteiger partial charge in [0.15, 0.2) is 0 Å². The SMILES string of the molecule is C=C(C)C(=O)NOCC(C)C.[Au]. The van der Waals surface area contributed by atoms with Gasteiger partial charge < -0.3 is 0 Å². The monoisotopic (exact) mass is 354 g/mol. The number of rotatable bonds is 4. The number of amides is 1. The molecule has 0 saturated heterocycles. The van der Waals surface area contributed by atoms with E-state index >= 15 is 0 Å². The molecule has 3 nitrogen and oxygen atoms in total. The fourth-order valence-corrected chi connectivity index (χ4v) is 0.361. The molecule has 0 unspecified atom stereocenters. The summed E-state index contributed by atoms with van der Waals surface area (Å²) in [5, 5.41) is 0. The van der Waals surface area contributed by atoms with E-state index in [1.54, 1.807) is 6.92 Å². The minimum absolute atomic E-state index is 0. The molecule has 75 valence electrons. The minimum Gasteiger partial charge on any atom is -0.273 e. The van der Waals surface area contributed by atoms with E-state index in [0.717, 1.165) is 0 Å². The Labute approximate surface area is 89.0 Å². The van der Waals surface area contributed by atoms with Crippen molar-refractivity contribution in [3.05, 3.63) is 12.2 Å². The number of hydroxylamine groups is 1. The Morgan fingerprint density at radius 1 is 1.58 bits per heavy atom. The maximum atomic E-state index is 10.8. The van der Waals surface area contributed by atoms with Crippen molar-refractivity contribution in [3.63, 3.8) is 0 Å². The first-order valence-corrected chi connectivity index (χ1v) is 3.61. The zero-order valence-electron chi connectivity index (χ0n) is 7.61. The second kappa shape index (κ2) is 7.55. The van der Waals surface area contributed by atoms with E-state index in [4.69, 9.17) is 4.84 Å². The molecule has 0 rings (SSSR count). The van der Waals surface area contributed by atoms with Crippen molar-refractivity contribution in [2.45, 2.75) is 20.8 Å². The van der Waals surface area contributed by atoms with Crippen molar-refractivity contribution in [1.29, 1.82) is 0 Å². The van der Waals surface area contributed by atoms with Gasteiger partial charge in [-0.1, -0.05) is 20.4 Å². The second-order valence-electron chi connectivity index (χ2n) is 2.92. The van der Waals surface area contributed by atoms with Crippen LogP contribution >= 0.6 is 0 Å². The van der Waals surface area contributed by atoms with Gasteiger partial charge in [0.2, 0.25) is 0 Å². The van der Waals surface area contributed by atoms with E-state index in [1.807, 2.05) is 13.8 Å². The summed E-state index contributed by atoms with van der Waals surface area (Å²) in [6, 6.07) is 0. The summed E-state index contributed by atoms with van der Waals surface area (Å²) in [5.74, 6) is 0.158. The van der Waals surface area contributed by atoms with Gasteiger partial charge in [0, 0.05) is 28.0 Å². The van der Waals surface area contributed by atoms with Crippen LogP contribution in [0.15, 0.2) is 12.2 Å². The molecule has 0 bridgehead atoms. The van der Waals surface area contributed by atoms with Crippen molar-refractivity contribution in [1.82, 2.24) is 5.48 Å². The number of carbonyl (C=O) groups excluding carboxylic acids is 1. The molecular weight excluding hydrogens is 339 g/mol. The van der Waals surface area contributed by atoms with Crippen molar-refractivity contribution in [2.24, 2.45) is 5.92 Å². The average molecular weight is 354 g/mol. The number of hydrogen-bond acceptors (Lipinski definition) is 2. The Bertz CT molecular complexity index is 157. The molecule has 0 aliphatic rings. The predicted molar refractivity (Wildman–Crippen MR) is 43.7 cm³/mol. The normalized spacial score (nSPS) is 9.00. The van der Waals surface area contributed by atoms with Crippen molar-refractivity contribution < 1.29 is 32.0 Å². The Morgan fingerprint density at radius 3 is 2.42 bits per heavy atom. The van der Waals surface area contributed by atoms with Crippen LogP contribution in [-0.4, -0.2) is 12.5 Å². The molecule has 0 aliphatic heterocycles. The third-order valence-corrected chi connectivity index (χ3v) is 0.969.